The minimum Gasteiger partial charge on any atom is -0.481 e. The minimum absolute atomic E-state index is 0.0872. The van der Waals surface area contributed by atoms with Gasteiger partial charge in [0.2, 0.25) is 5.91 Å². The Labute approximate surface area is 163 Å². The minimum atomic E-state index is -0.903. The van der Waals surface area contributed by atoms with Crippen LogP contribution in [0.5, 0.6) is 11.5 Å². The van der Waals surface area contributed by atoms with E-state index in [0.29, 0.717) is 19.5 Å². The molecular weight excluding hydrogens is 366 g/mol. The molecule has 1 aliphatic heterocycles. The van der Waals surface area contributed by atoms with E-state index in [4.69, 9.17) is 21.4 Å². The van der Waals surface area contributed by atoms with Crippen molar-refractivity contribution in [3.8, 4) is 11.5 Å². The van der Waals surface area contributed by atoms with Crippen LogP contribution < -0.4 is 4.74 Å². The van der Waals surface area contributed by atoms with E-state index < -0.39 is 11.9 Å². The summed E-state index contributed by atoms with van der Waals surface area (Å²) in [6.45, 7) is 4.71. The fourth-order valence-corrected chi connectivity index (χ4v) is 3.35. The standard InChI is InChI=1S/C21H22ClNO4/c1-13-9-18(10-14(2)20(13)22)27-17-5-3-15(4-6-17)7-8-23-12-16(21(25)26)11-19(23)24/h3-6,9-10,16H,7-8,11-12H2,1-2H3,(H,25,26). The first-order valence-electron chi connectivity index (χ1n) is 8.87. The van der Waals surface area contributed by atoms with E-state index in [-0.39, 0.29) is 12.3 Å². The lowest BCUT2D eigenvalue weighted by atomic mass is 10.1. The molecule has 0 aromatic heterocycles. The van der Waals surface area contributed by atoms with Crippen molar-refractivity contribution in [2.75, 3.05) is 13.1 Å². The van der Waals surface area contributed by atoms with Crippen LogP contribution in [0, 0.1) is 19.8 Å². The van der Waals surface area contributed by atoms with Crippen molar-refractivity contribution in [1.82, 2.24) is 4.90 Å². The van der Waals surface area contributed by atoms with Crippen molar-refractivity contribution >= 4 is 23.5 Å². The first-order chi connectivity index (χ1) is 12.8. The highest BCUT2D eigenvalue weighted by molar-refractivity contribution is 6.32. The van der Waals surface area contributed by atoms with Gasteiger partial charge in [0.15, 0.2) is 0 Å². The fourth-order valence-electron chi connectivity index (χ4n) is 3.24. The van der Waals surface area contributed by atoms with Crippen LogP contribution in [0.4, 0.5) is 0 Å². The number of carbonyl (C=O) groups excluding carboxylic acids is 1. The molecule has 0 saturated carbocycles. The van der Waals surface area contributed by atoms with Gasteiger partial charge < -0.3 is 14.7 Å². The van der Waals surface area contributed by atoms with Gasteiger partial charge in [0.25, 0.3) is 0 Å². The van der Waals surface area contributed by atoms with Gasteiger partial charge in [-0.15, -0.1) is 0 Å². The third-order valence-corrected chi connectivity index (χ3v) is 5.40. The van der Waals surface area contributed by atoms with Crippen molar-refractivity contribution < 1.29 is 19.4 Å². The Morgan fingerprint density at radius 1 is 1.19 bits per heavy atom. The van der Waals surface area contributed by atoms with Gasteiger partial charge >= 0.3 is 5.97 Å². The molecule has 1 aliphatic rings. The summed E-state index contributed by atoms with van der Waals surface area (Å²) in [5.41, 5.74) is 3.01. The number of amides is 1. The van der Waals surface area contributed by atoms with Crippen molar-refractivity contribution in [2.45, 2.75) is 26.7 Å². The quantitative estimate of drug-likeness (QED) is 0.805. The lowest BCUT2D eigenvalue weighted by Crippen LogP contribution is -2.28. The van der Waals surface area contributed by atoms with Gasteiger partial charge in [-0.25, -0.2) is 0 Å². The number of hydrogen-bond acceptors (Lipinski definition) is 3. The van der Waals surface area contributed by atoms with Gasteiger partial charge in [0, 0.05) is 24.5 Å². The highest BCUT2D eigenvalue weighted by Gasteiger charge is 2.33. The molecular formula is C21H22ClNO4. The topological polar surface area (TPSA) is 66.8 Å². The molecule has 6 heteroatoms. The largest absolute Gasteiger partial charge is 0.481 e. The molecule has 1 heterocycles. The zero-order valence-corrected chi connectivity index (χ0v) is 16.1. The number of aliphatic carboxylic acids is 1. The summed E-state index contributed by atoms with van der Waals surface area (Å²) in [6, 6.07) is 11.5. The van der Waals surface area contributed by atoms with E-state index in [0.717, 1.165) is 33.2 Å². The van der Waals surface area contributed by atoms with Crippen molar-refractivity contribution in [3.63, 3.8) is 0 Å². The molecule has 2 aromatic rings. The predicted molar refractivity (Wildman–Crippen MR) is 103 cm³/mol. The molecule has 0 bridgehead atoms. The molecule has 5 nitrogen and oxygen atoms in total. The van der Waals surface area contributed by atoms with Gasteiger partial charge in [-0.2, -0.15) is 0 Å². The Bertz CT molecular complexity index is 840. The first-order valence-corrected chi connectivity index (χ1v) is 9.25. The summed E-state index contributed by atoms with van der Waals surface area (Å²) in [5.74, 6) is -0.108. The van der Waals surface area contributed by atoms with Crippen LogP contribution in [0.2, 0.25) is 5.02 Å². The number of carboxylic acids is 1. The Kier molecular flexibility index (Phi) is 5.71. The summed E-state index contributed by atoms with van der Waals surface area (Å²) in [4.78, 5) is 24.5. The Morgan fingerprint density at radius 3 is 2.37 bits per heavy atom. The Hall–Kier alpha value is -2.53. The smallest absolute Gasteiger partial charge is 0.308 e. The second-order valence-corrected chi connectivity index (χ2v) is 7.32. The summed E-state index contributed by atoms with van der Waals surface area (Å²) in [5, 5.41) is 9.78. The van der Waals surface area contributed by atoms with Crippen LogP contribution in [0.25, 0.3) is 0 Å². The highest BCUT2D eigenvalue weighted by Crippen LogP contribution is 2.29. The van der Waals surface area contributed by atoms with E-state index >= 15 is 0 Å². The second-order valence-electron chi connectivity index (χ2n) is 6.95. The molecule has 0 aliphatic carbocycles. The molecule has 1 N–H and O–H groups in total. The van der Waals surface area contributed by atoms with Crippen molar-refractivity contribution in [1.29, 1.82) is 0 Å². The highest BCUT2D eigenvalue weighted by atomic mass is 35.5. The predicted octanol–water partition coefficient (Wildman–Crippen LogP) is 4.22. The average Bonchev–Trinajstić information content (AvgIpc) is 3.00. The van der Waals surface area contributed by atoms with Gasteiger partial charge in [-0.1, -0.05) is 23.7 Å². The van der Waals surface area contributed by atoms with Crippen LogP contribution in [0.3, 0.4) is 0 Å². The number of hydrogen-bond donors (Lipinski definition) is 1. The second kappa shape index (κ2) is 8.01. The molecule has 1 amide bonds. The summed E-state index contributed by atoms with van der Waals surface area (Å²) in [6.07, 6.45) is 0.777. The molecule has 0 spiro atoms. The third-order valence-electron chi connectivity index (χ3n) is 4.80. The number of benzene rings is 2. The van der Waals surface area contributed by atoms with Gasteiger partial charge in [0.05, 0.1) is 5.92 Å². The molecule has 1 fully saturated rings. The number of rotatable bonds is 6. The van der Waals surface area contributed by atoms with Crippen LogP contribution in [0.1, 0.15) is 23.1 Å². The molecule has 3 rings (SSSR count). The molecule has 1 saturated heterocycles. The maximum atomic E-state index is 11.9. The zero-order chi connectivity index (χ0) is 19.6. The summed E-state index contributed by atoms with van der Waals surface area (Å²) in [7, 11) is 0. The number of likely N-dealkylation sites (tertiary alicyclic amines) is 1. The Morgan fingerprint density at radius 2 is 1.81 bits per heavy atom. The summed E-state index contributed by atoms with van der Waals surface area (Å²) >= 11 is 6.18. The first kappa shape index (κ1) is 19.2. The Balaban J connectivity index is 1.58. The normalized spacial score (nSPS) is 16.6. The zero-order valence-electron chi connectivity index (χ0n) is 15.4. The van der Waals surface area contributed by atoms with Crippen LogP contribution in [-0.2, 0) is 16.0 Å². The van der Waals surface area contributed by atoms with Crippen LogP contribution >= 0.6 is 11.6 Å². The lowest BCUT2D eigenvalue weighted by Gasteiger charge is -2.16. The number of nitrogens with zero attached hydrogens (tertiary/aromatic N) is 1. The molecule has 2 aromatic carbocycles. The summed E-state index contributed by atoms with van der Waals surface area (Å²) < 4.78 is 5.90. The number of carboxylic acid groups (broad SMARTS) is 1. The molecule has 142 valence electrons. The number of aryl methyl sites for hydroxylation is 2. The van der Waals surface area contributed by atoms with E-state index in [2.05, 4.69) is 0 Å². The van der Waals surface area contributed by atoms with Crippen LogP contribution in [0.15, 0.2) is 36.4 Å². The maximum absolute atomic E-state index is 11.9. The maximum Gasteiger partial charge on any atom is 0.308 e. The van der Waals surface area contributed by atoms with Gasteiger partial charge in [-0.05, 0) is 61.2 Å². The monoisotopic (exact) mass is 387 g/mol. The lowest BCUT2D eigenvalue weighted by molar-refractivity contribution is -0.141. The van der Waals surface area contributed by atoms with E-state index in [9.17, 15) is 9.59 Å². The molecule has 1 unspecified atom stereocenters. The van der Waals surface area contributed by atoms with Crippen LogP contribution in [-0.4, -0.2) is 35.0 Å². The fraction of sp³-hybridized carbons (Fsp3) is 0.333. The van der Waals surface area contributed by atoms with Crippen molar-refractivity contribution in [2.24, 2.45) is 5.92 Å². The SMILES string of the molecule is Cc1cc(Oc2ccc(CCN3CC(C(=O)O)CC3=O)cc2)cc(C)c1Cl. The van der Waals surface area contributed by atoms with Gasteiger partial charge in [0.1, 0.15) is 11.5 Å². The molecule has 1 atom stereocenters. The number of ether oxygens (including phenoxy) is 1. The molecule has 27 heavy (non-hydrogen) atoms. The van der Waals surface area contributed by atoms with Crippen molar-refractivity contribution in [3.05, 3.63) is 58.1 Å². The number of halogens is 1. The molecule has 0 radical (unpaired) electrons. The average molecular weight is 388 g/mol. The van der Waals surface area contributed by atoms with E-state index in [1.165, 1.54) is 0 Å². The van der Waals surface area contributed by atoms with E-state index in [1.54, 1.807) is 4.90 Å². The van der Waals surface area contributed by atoms with E-state index in [1.807, 2.05) is 50.2 Å². The number of carbonyl (C=O) groups is 2. The van der Waals surface area contributed by atoms with Gasteiger partial charge in [-0.3, -0.25) is 9.59 Å². The third kappa shape index (κ3) is 4.61.